The van der Waals surface area contributed by atoms with Gasteiger partial charge in [-0.05, 0) is 104 Å². The van der Waals surface area contributed by atoms with E-state index < -0.39 is 39.9 Å². The number of piperidine rings is 2. The molecule has 8 aromatic rings. The van der Waals surface area contributed by atoms with Crippen LogP contribution in [0.1, 0.15) is 70.2 Å². The van der Waals surface area contributed by atoms with E-state index in [1.54, 1.807) is 60.4 Å². The number of anilines is 2. The van der Waals surface area contributed by atoms with Crippen molar-refractivity contribution in [2.75, 3.05) is 87.4 Å². The van der Waals surface area contributed by atoms with E-state index in [2.05, 4.69) is 97.1 Å². The quantitative estimate of drug-likeness (QED) is 0.0756. The fraction of sp³-hybridized carbons (Fsp3) is 0.429. The van der Waals surface area contributed by atoms with Crippen LogP contribution in [0, 0.1) is 22.7 Å². The van der Waals surface area contributed by atoms with Crippen molar-refractivity contribution in [3.05, 3.63) is 137 Å². The first kappa shape index (κ1) is 64.4. The Morgan fingerprint density at radius 2 is 1.10 bits per heavy atom. The highest BCUT2D eigenvalue weighted by Gasteiger charge is 2.53. The second-order valence-corrected chi connectivity index (χ2v) is 27.4. The molecule has 89 heavy (non-hydrogen) atoms. The van der Waals surface area contributed by atoms with Crippen LogP contribution in [0.25, 0.3) is 22.2 Å². The molecule has 466 valence electrons. The molecule has 15 heterocycles. The number of ether oxygens (including phenoxy) is 4. The summed E-state index contributed by atoms with van der Waals surface area (Å²) in [6.45, 7) is 14.4. The topological polar surface area (TPSA) is 236 Å². The summed E-state index contributed by atoms with van der Waals surface area (Å²) in [5.41, 5.74) is 6.09. The first-order chi connectivity index (χ1) is 42.4. The molecule has 0 spiro atoms. The number of hydrogen-bond acceptors (Lipinski definition) is 20. The molecule has 6 atom stereocenters. The SMILES string of the molecule is C.COc1ccc(CN2C3CC2CN(c2ccc(-c4cc(OCCS(C)=O)cn5ncc(C#N)c45)cn2)C3)cn1.COc1ccc(CN2C3CC2CN(c2ccc(Br)cn2)C3)cn1.CS(=O)CCOc1cc(B2OC(C)(C)C(C)(C)O2)c2c(C#N)cnn2c1. The highest BCUT2D eigenvalue weighted by Crippen LogP contribution is 2.40. The standard InChI is InChI=1S/C28H29N7O3S.C17H22BN3O4S.C17H19BrN4O.CH4/c1-37-27-6-3-19(12-31-27)15-34-22-9-23(34)17-33(16-22)26-5-4-20(13-30-26)25-10-24(38-7-8-39(2)36)18-35-28(25)21(11-29)14-32-35;1-16(2)17(3,4)25-18(24-16)14-8-13(23-6-7-26(5)22)11-21-15(14)12(9-19)10-20-21;1-23-17-5-2-12(7-20-17)9-22-14-6-15(22)11-21(10-14)16-4-3-13(18)8-19-16;/h3-6,10,12-14,18,22-23H,7-9,15-17H2,1-2H3;8,10-11H,6-7H2,1-5H3;2-5,7-8,14-15H,6,9-11H2,1H3;1H4. The van der Waals surface area contributed by atoms with Gasteiger partial charge in [0, 0.05) is 156 Å². The fourth-order valence-corrected chi connectivity index (χ4v) is 12.6. The van der Waals surface area contributed by atoms with Gasteiger partial charge in [-0.1, -0.05) is 19.6 Å². The van der Waals surface area contributed by atoms with Gasteiger partial charge in [-0.25, -0.2) is 29.0 Å². The van der Waals surface area contributed by atoms with E-state index in [9.17, 15) is 18.9 Å². The Balaban J connectivity index is 0.000000153. The molecule has 0 saturated carbocycles. The van der Waals surface area contributed by atoms with Crippen LogP contribution in [0.15, 0.2) is 115 Å². The Morgan fingerprint density at radius 1 is 0.629 bits per heavy atom. The largest absolute Gasteiger partial charge is 0.497 e. The van der Waals surface area contributed by atoms with E-state index in [1.165, 1.54) is 30.2 Å². The normalized spacial score (nSPS) is 20.2. The third-order valence-corrected chi connectivity index (χ3v) is 19.0. The van der Waals surface area contributed by atoms with Crippen LogP contribution in [0.5, 0.6) is 23.3 Å². The van der Waals surface area contributed by atoms with Crippen LogP contribution in [-0.2, 0) is 44.0 Å². The van der Waals surface area contributed by atoms with E-state index in [-0.39, 0.29) is 7.43 Å². The number of methoxy groups -OCH3 is 2. The second-order valence-electron chi connectivity index (χ2n) is 23.4. The Hall–Kier alpha value is -7.56. The molecule has 0 aromatic carbocycles. The van der Waals surface area contributed by atoms with E-state index in [1.807, 2.05) is 82.8 Å². The van der Waals surface area contributed by atoms with E-state index in [4.69, 9.17) is 33.2 Å². The molecule has 26 heteroatoms. The summed E-state index contributed by atoms with van der Waals surface area (Å²) < 4.78 is 61.1. The summed E-state index contributed by atoms with van der Waals surface area (Å²) in [7, 11) is 0.760. The number of halogens is 1. The summed E-state index contributed by atoms with van der Waals surface area (Å²) in [5.74, 6) is 5.36. The lowest BCUT2D eigenvalue weighted by Crippen LogP contribution is -2.68. The first-order valence-electron chi connectivity index (χ1n) is 29.0. The van der Waals surface area contributed by atoms with E-state index in [0.29, 0.717) is 99.8 Å². The molecule has 0 aliphatic carbocycles. The van der Waals surface area contributed by atoms with Crippen molar-refractivity contribution >= 4 is 72.8 Å². The van der Waals surface area contributed by atoms with Gasteiger partial charge in [0.05, 0.1) is 97.1 Å². The van der Waals surface area contributed by atoms with Gasteiger partial charge in [0.2, 0.25) is 11.8 Å². The zero-order valence-electron chi connectivity index (χ0n) is 50.5. The monoisotopic (exact) mass is 1310 g/mol. The predicted octanol–water partition coefficient (Wildman–Crippen LogP) is 7.50. The van der Waals surface area contributed by atoms with Crippen LogP contribution in [-0.4, -0.2) is 177 Å². The molecule has 0 radical (unpaired) electrons. The number of piperazine rings is 2. The van der Waals surface area contributed by atoms with Crippen molar-refractivity contribution < 1.29 is 36.7 Å². The van der Waals surface area contributed by atoms with Crippen molar-refractivity contribution in [2.24, 2.45) is 0 Å². The number of fused-ring (bicyclic) bond motifs is 6. The van der Waals surface area contributed by atoms with Crippen molar-refractivity contribution in [1.82, 2.24) is 49.0 Å². The fourth-order valence-electron chi connectivity index (χ4n) is 11.7. The Kier molecular flexibility index (Phi) is 20.0. The summed E-state index contributed by atoms with van der Waals surface area (Å²) in [4.78, 5) is 27.9. The van der Waals surface area contributed by atoms with Gasteiger partial charge < -0.3 is 38.1 Å². The highest BCUT2D eigenvalue weighted by molar-refractivity contribution is 9.10. The number of rotatable bonds is 18. The molecular weight excluding hydrogens is 1240 g/mol. The number of pyridine rings is 6. The van der Waals surface area contributed by atoms with Crippen molar-refractivity contribution in [2.45, 2.75) is 96.4 Å². The van der Waals surface area contributed by atoms with Crippen molar-refractivity contribution in [3.63, 3.8) is 0 Å². The molecule has 0 N–H and O–H groups in total. The molecule has 8 aromatic heterocycles. The molecular formula is C63H74BBrN14O8S2. The van der Waals surface area contributed by atoms with Crippen LogP contribution in [0.4, 0.5) is 11.6 Å². The number of aromatic nitrogens is 8. The van der Waals surface area contributed by atoms with Crippen molar-refractivity contribution in [1.29, 1.82) is 10.5 Å². The van der Waals surface area contributed by atoms with E-state index in [0.717, 1.165) is 66.5 Å². The maximum Gasteiger partial charge on any atom is 0.497 e. The third kappa shape index (κ3) is 14.4. The number of nitriles is 2. The minimum Gasteiger partial charge on any atom is -0.491 e. The van der Waals surface area contributed by atoms with Gasteiger partial charge in [0.1, 0.15) is 35.3 Å². The summed E-state index contributed by atoms with van der Waals surface area (Å²) >= 11 is 3.44. The molecule has 15 rings (SSSR count). The Labute approximate surface area is 533 Å². The van der Waals surface area contributed by atoms with Crippen LogP contribution < -0.4 is 34.2 Å². The maximum atomic E-state index is 11.4. The lowest BCUT2D eigenvalue weighted by atomic mass is 9.78. The van der Waals surface area contributed by atoms with E-state index >= 15 is 0 Å². The van der Waals surface area contributed by atoms with Gasteiger partial charge in [-0.3, -0.25) is 18.2 Å². The third-order valence-electron chi connectivity index (χ3n) is 17.1. The zero-order valence-corrected chi connectivity index (χ0v) is 53.7. The lowest BCUT2D eigenvalue weighted by molar-refractivity contribution is -0.00879. The average molecular weight is 1310 g/mol. The Bertz CT molecular complexity index is 3860. The molecule has 7 aliphatic rings. The minimum absolute atomic E-state index is 0. The summed E-state index contributed by atoms with van der Waals surface area (Å²) in [6, 6.07) is 26.6. The molecule has 0 amide bonds. The predicted molar refractivity (Wildman–Crippen MR) is 348 cm³/mol. The molecule has 6 unspecified atom stereocenters. The smallest absolute Gasteiger partial charge is 0.491 e. The highest BCUT2D eigenvalue weighted by atomic mass is 79.9. The van der Waals surface area contributed by atoms with Crippen LogP contribution in [0.2, 0.25) is 0 Å². The van der Waals surface area contributed by atoms with Crippen LogP contribution >= 0.6 is 15.9 Å². The number of hydrogen-bond donors (Lipinski definition) is 0. The summed E-state index contributed by atoms with van der Waals surface area (Å²) in [5, 5.41) is 27.6. The second kappa shape index (κ2) is 27.7. The molecule has 4 bridgehead atoms. The lowest BCUT2D eigenvalue weighted by Gasteiger charge is -2.56. The number of nitrogens with zero attached hydrogens (tertiary/aromatic N) is 14. The Morgan fingerprint density at radius 3 is 1.53 bits per heavy atom. The molecule has 22 nitrogen and oxygen atoms in total. The van der Waals surface area contributed by atoms with Gasteiger partial charge in [0.15, 0.2) is 0 Å². The minimum atomic E-state index is -0.940. The molecule has 7 aliphatic heterocycles. The van der Waals surface area contributed by atoms with Crippen LogP contribution in [0.3, 0.4) is 0 Å². The summed E-state index contributed by atoms with van der Waals surface area (Å²) in [6.07, 6.45) is 19.8. The average Bonchev–Trinajstić information content (AvgIpc) is 1.46. The molecule has 7 saturated heterocycles. The van der Waals surface area contributed by atoms with Gasteiger partial charge in [-0.2, -0.15) is 20.7 Å². The molecule has 7 fully saturated rings. The van der Waals surface area contributed by atoms with Crippen molar-refractivity contribution in [3.8, 4) is 46.5 Å². The van der Waals surface area contributed by atoms with Gasteiger partial charge in [-0.15, -0.1) is 0 Å². The van der Waals surface area contributed by atoms with Gasteiger partial charge in [0.25, 0.3) is 0 Å². The first-order valence-corrected chi connectivity index (χ1v) is 33.3. The maximum absolute atomic E-state index is 11.4. The zero-order chi connectivity index (χ0) is 61.9. The van der Waals surface area contributed by atoms with Gasteiger partial charge >= 0.3 is 7.12 Å².